The summed E-state index contributed by atoms with van der Waals surface area (Å²) in [4.78, 5) is 32.3. The summed E-state index contributed by atoms with van der Waals surface area (Å²) in [5, 5.41) is 24.5. The van der Waals surface area contributed by atoms with Crippen LogP contribution >= 0.6 is 21.6 Å². The fourth-order valence-corrected chi connectivity index (χ4v) is 5.12. The van der Waals surface area contributed by atoms with Crippen LogP contribution in [0.15, 0.2) is 95.0 Å². The Balaban J connectivity index is 1.47. The molecule has 0 saturated heterocycles. The van der Waals surface area contributed by atoms with E-state index in [0.717, 1.165) is 21.2 Å². The lowest BCUT2D eigenvalue weighted by atomic mass is 10.3. The fraction of sp³-hybridized carbons (Fsp3) is 0. The number of carbonyl (C=O) groups is 2. The highest BCUT2D eigenvalue weighted by molar-refractivity contribution is 8.76. The van der Waals surface area contributed by atoms with Crippen molar-refractivity contribution in [3.8, 4) is 0 Å². The van der Waals surface area contributed by atoms with Crippen LogP contribution in [0.25, 0.3) is 0 Å². The van der Waals surface area contributed by atoms with Gasteiger partial charge in [0.25, 0.3) is 0 Å². The normalized spacial score (nSPS) is 10.5. The number of hydrogen-bond acceptors (Lipinski definition) is 8. The highest BCUT2D eigenvalue weighted by Crippen LogP contribution is 2.44. The predicted octanol–water partition coefficient (Wildman–Crippen LogP) is 6.16. The number of aromatic carboxylic acids is 2. The Hall–Kier alpha value is -4.02. The van der Waals surface area contributed by atoms with Crippen LogP contribution < -0.4 is 10.6 Å². The molecule has 0 saturated carbocycles. The van der Waals surface area contributed by atoms with E-state index in [9.17, 15) is 9.59 Å². The molecule has 4 N–H and O–H groups in total. The Kier molecular flexibility index (Phi) is 7.31. The van der Waals surface area contributed by atoms with Crippen LogP contribution in [0.1, 0.15) is 20.7 Å². The van der Waals surface area contributed by atoms with E-state index in [2.05, 4.69) is 20.6 Å². The number of aromatic nitrogens is 2. The third-order valence-corrected chi connectivity index (χ3v) is 7.02. The van der Waals surface area contributed by atoms with E-state index in [1.165, 1.54) is 24.5 Å². The molecule has 0 bridgehead atoms. The lowest BCUT2D eigenvalue weighted by Gasteiger charge is -2.13. The van der Waals surface area contributed by atoms with Crippen LogP contribution in [0, 0.1) is 0 Å². The number of hydrogen-bond donors (Lipinski definition) is 4. The third kappa shape index (κ3) is 5.85. The van der Waals surface area contributed by atoms with Crippen molar-refractivity contribution >= 4 is 56.5 Å². The average Bonchev–Trinajstić information content (AvgIpc) is 2.85. The molecule has 34 heavy (non-hydrogen) atoms. The molecule has 2 aromatic heterocycles. The van der Waals surface area contributed by atoms with Gasteiger partial charge in [0.2, 0.25) is 0 Å². The van der Waals surface area contributed by atoms with Crippen molar-refractivity contribution in [3.05, 3.63) is 96.3 Å². The van der Waals surface area contributed by atoms with Crippen LogP contribution in [-0.4, -0.2) is 32.1 Å². The van der Waals surface area contributed by atoms with Crippen molar-refractivity contribution in [1.29, 1.82) is 0 Å². The Labute approximate surface area is 202 Å². The highest BCUT2D eigenvalue weighted by Gasteiger charge is 2.10. The molecule has 0 radical (unpaired) electrons. The quantitative estimate of drug-likeness (QED) is 0.203. The van der Waals surface area contributed by atoms with Gasteiger partial charge in [-0.25, -0.2) is 19.6 Å². The number of anilines is 4. The molecule has 2 heterocycles. The smallest absolute Gasteiger partial charge is 0.337 e. The minimum Gasteiger partial charge on any atom is -0.478 e. The summed E-state index contributed by atoms with van der Waals surface area (Å²) in [5.74, 6) is -0.958. The van der Waals surface area contributed by atoms with Gasteiger partial charge in [0.1, 0.15) is 11.6 Å². The van der Waals surface area contributed by atoms with Gasteiger partial charge in [0.15, 0.2) is 0 Å². The maximum atomic E-state index is 11.0. The number of nitrogens with zero attached hydrogens (tertiary/aromatic N) is 2. The van der Waals surface area contributed by atoms with Crippen molar-refractivity contribution in [1.82, 2.24) is 9.97 Å². The maximum absolute atomic E-state index is 11.0. The minimum absolute atomic E-state index is 0.125. The highest BCUT2D eigenvalue weighted by atomic mass is 33.1. The molecular weight excluding hydrogens is 472 g/mol. The van der Waals surface area contributed by atoms with Gasteiger partial charge >= 0.3 is 11.9 Å². The number of carboxylic acid groups (broad SMARTS) is 2. The first-order valence-corrected chi connectivity index (χ1v) is 12.1. The molecule has 0 fully saturated rings. The number of nitrogens with one attached hydrogen (secondary N) is 2. The summed E-state index contributed by atoms with van der Waals surface area (Å²) in [5.41, 5.74) is 1.93. The SMILES string of the molecule is O=C(O)c1ccc(Nc2ccccc2SSc2ccccc2Nc2ccc(C(=O)O)cn2)nc1. The summed E-state index contributed by atoms with van der Waals surface area (Å²) < 4.78 is 0. The topological polar surface area (TPSA) is 124 Å². The largest absolute Gasteiger partial charge is 0.478 e. The Morgan fingerprint density at radius 1 is 0.618 bits per heavy atom. The molecule has 4 rings (SSSR count). The molecule has 0 aliphatic carbocycles. The Morgan fingerprint density at radius 2 is 1.03 bits per heavy atom. The lowest BCUT2D eigenvalue weighted by molar-refractivity contribution is 0.0685. The molecule has 170 valence electrons. The van der Waals surface area contributed by atoms with Crippen molar-refractivity contribution < 1.29 is 19.8 Å². The summed E-state index contributed by atoms with van der Waals surface area (Å²) >= 11 is 0. The number of carboxylic acids is 2. The summed E-state index contributed by atoms with van der Waals surface area (Å²) in [6, 6.07) is 21.8. The number of pyridine rings is 2. The van der Waals surface area contributed by atoms with Gasteiger partial charge in [0, 0.05) is 22.2 Å². The number of para-hydroxylation sites is 2. The van der Waals surface area contributed by atoms with Crippen molar-refractivity contribution in [2.75, 3.05) is 10.6 Å². The van der Waals surface area contributed by atoms with Crippen molar-refractivity contribution in [2.45, 2.75) is 9.79 Å². The van der Waals surface area contributed by atoms with Gasteiger partial charge in [-0.15, -0.1) is 0 Å². The predicted molar refractivity (Wildman–Crippen MR) is 134 cm³/mol. The van der Waals surface area contributed by atoms with E-state index in [-0.39, 0.29) is 11.1 Å². The van der Waals surface area contributed by atoms with Gasteiger partial charge in [0.05, 0.1) is 22.5 Å². The standard InChI is InChI=1S/C24H18N4O4S2/c29-23(30)15-9-11-21(25-13-15)27-17-5-1-3-7-19(17)33-34-20-8-4-2-6-18(20)28-22-12-10-16(14-26-22)24(31)32/h1-14H,(H,25,27)(H,26,28)(H,29,30)(H,31,32). The second-order valence-corrected chi connectivity index (χ2v) is 9.10. The van der Waals surface area contributed by atoms with E-state index in [4.69, 9.17) is 10.2 Å². The molecule has 0 aliphatic heterocycles. The van der Waals surface area contributed by atoms with Gasteiger partial charge < -0.3 is 20.8 Å². The van der Waals surface area contributed by atoms with Gasteiger partial charge in [-0.1, -0.05) is 45.9 Å². The van der Waals surface area contributed by atoms with Gasteiger partial charge in [-0.05, 0) is 48.5 Å². The molecule has 8 nitrogen and oxygen atoms in total. The van der Waals surface area contributed by atoms with E-state index in [1.807, 2.05) is 48.5 Å². The molecule has 0 atom stereocenters. The lowest BCUT2D eigenvalue weighted by Crippen LogP contribution is -2.00. The third-order valence-electron chi connectivity index (χ3n) is 4.54. The maximum Gasteiger partial charge on any atom is 0.337 e. The second kappa shape index (κ2) is 10.7. The summed E-state index contributed by atoms with van der Waals surface area (Å²) in [6.07, 6.45) is 2.63. The average molecular weight is 491 g/mol. The summed E-state index contributed by atoms with van der Waals surface area (Å²) in [7, 11) is 3.11. The number of benzene rings is 2. The Morgan fingerprint density at radius 3 is 1.38 bits per heavy atom. The van der Waals surface area contributed by atoms with Crippen molar-refractivity contribution in [3.63, 3.8) is 0 Å². The molecule has 0 aliphatic rings. The van der Waals surface area contributed by atoms with Gasteiger partial charge in [-0.3, -0.25) is 0 Å². The monoisotopic (exact) mass is 490 g/mol. The summed E-state index contributed by atoms with van der Waals surface area (Å²) in [6.45, 7) is 0. The molecule has 0 unspecified atom stereocenters. The van der Waals surface area contributed by atoms with E-state index >= 15 is 0 Å². The minimum atomic E-state index is -1.02. The molecule has 10 heteroatoms. The van der Waals surface area contributed by atoms with E-state index < -0.39 is 11.9 Å². The van der Waals surface area contributed by atoms with Crippen LogP contribution in [0.4, 0.5) is 23.0 Å². The fourth-order valence-electron chi connectivity index (χ4n) is 2.84. The zero-order valence-electron chi connectivity index (χ0n) is 17.5. The molecule has 2 aromatic carbocycles. The zero-order chi connectivity index (χ0) is 23.9. The molecular formula is C24H18N4O4S2. The first-order chi connectivity index (χ1) is 16.5. The van der Waals surface area contributed by atoms with Crippen molar-refractivity contribution in [2.24, 2.45) is 0 Å². The molecule has 0 spiro atoms. The van der Waals surface area contributed by atoms with Crippen LogP contribution in [0.2, 0.25) is 0 Å². The molecule has 4 aromatic rings. The second-order valence-electron chi connectivity index (χ2n) is 6.88. The van der Waals surface area contributed by atoms with Crippen LogP contribution in [0.5, 0.6) is 0 Å². The van der Waals surface area contributed by atoms with E-state index in [1.54, 1.807) is 33.7 Å². The zero-order valence-corrected chi connectivity index (χ0v) is 19.1. The van der Waals surface area contributed by atoms with Crippen LogP contribution in [0.3, 0.4) is 0 Å². The van der Waals surface area contributed by atoms with Gasteiger partial charge in [-0.2, -0.15) is 0 Å². The van der Waals surface area contributed by atoms with E-state index in [0.29, 0.717) is 11.6 Å². The molecule has 0 amide bonds. The van der Waals surface area contributed by atoms with Crippen LogP contribution in [-0.2, 0) is 0 Å². The number of rotatable bonds is 9. The Bertz CT molecular complexity index is 1210. The first kappa shape index (κ1) is 23.1. The first-order valence-electron chi connectivity index (χ1n) is 9.95.